The number of phenolic OH excluding ortho intramolecular Hbond substituents is 2. The van der Waals surface area contributed by atoms with E-state index in [-0.39, 0.29) is 17.4 Å². The van der Waals surface area contributed by atoms with Gasteiger partial charge in [0.2, 0.25) is 0 Å². The van der Waals surface area contributed by atoms with Crippen LogP contribution in [-0.4, -0.2) is 22.3 Å². The third-order valence-electron chi connectivity index (χ3n) is 3.67. The van der Waals surface area contributed by atoms with Crippen LogP contribution in [0.25, 0.3) is 11.1 Å². The Balaban J connectivity index is 1.67. The van der Waals surface area contributed by atoms with Gasteiger partial charge < -0.3 is 10.2 Å². The summed E-state index contributed by atoms with van der Waals surface area (Å²) in [4.78, 5) is 12.1. The van der Waals surface area contributed by atoms with Crippen LogP contribution in [0.4, 0.5) is 0 Å². The number of nitrogens with one attached hydrogen (secondary N) is 1. The van der Waals surface area contributed by atoms with Crippen molar-refractivity contribution in [2.24, 2.45) is 5.10 Å². The third-order valence-corrected chi connectivity index (χ3v) is 3.67. The van der Waals surface area contributed by atoms with Crippen molar-refractivity contribution in [3.8, 4) is 22.6 Å². The Hall–Kier alpha value is -3.60. The molecule has 1 amide bonds. The Morgan fingerprint density at radius 2 is 1.52 bits per heavy atom. The van der Waals surface area contributed by atoms with Crippen molar-refractivity contribution >= 4 is 12.1 Å². The Morgan fingerprint density at radius 3 is 2.24 bits per heavy atom. The molecule has 0 aliphatic heterocycles. The molecule has 5 heteroatoms. The predicted molar refractivity (Wildman–Crippen MR) is 96.7 cm³/mol. The largest absolute Gasteiger partial charge is 0.504 e. The number of phenols is 2. The van der Waals surface area contributed by atoms with E-state index >= 15 is 0 Å². The Morgan fingerprint density at radius 1 is 0.840 bits per heavy atom. The lowest BCUT2D eigenvalue weighted by Gasteiger charge is -2.04. The van der Waals surface area contributed by atoms with Gasteiger partial charge in [0, 0.05) is 11.1 Å². The number of para-hydroxylation sites is 1. The zero-order chi connectivity index (χ0) is 17.6. The van der Waals surface area contributed by atoms with Gasteiger partial charge in [0.1, 0.15) is 0 Å². The number of nitrogens with zero attached hydrogens (tertiary/aromatic N) is 1. The van der Waals surface area contributed by atoms with Crippen molar-refractivity contribution in [3.05, 3.63) is 83.9 Å². The second-order valence-electron chi connectivity index (χ2n) is 5.36. The van der Waals surface area contributed by atoms with Gasteiger partial charge in [-0.15, -0.1) is 0 Å². The molecule has 0 unspecified atom stereocenters. The first kappa shape index (κ1) is 16.3. The van der Waals surface area contributed by atoms with Crippen molar-refractivity contribution in [1.29, 1.82) is 0 Å². The van der Waals surface area contributed by atoms with E-state index in [1.54, 1.807) is 24.3 Å². The zero-order valence-electron chi connectivity index (χ0n) is 13.3. The summed E-state index contributed by atoms with van der Waals surface area (Å²) in [6, 6.07) is 21.6. The summed E-state index contributed by atoms with van der Waals surface area (Å²) in [5, 5.41) is 22.9. The molecular weight excluding hydrogens is 316 g/mol. The van der Waals surface area contributed by atoms with Crippen molar-refractivity contribution < 1.29 is 15.0 Å². The Kier molecular flexibility index (Phi) is 4.76. The molecule has 0 bridgehead atoms. The molecule has 3 aromatic rings. The molecule has 3 aromatic carbocycles. The Bertz CT molecular complexity index is 904. The molecule has 124 valence electrons. The standard InChI is InChI=1S/C20H16N2O3/c23-18-8-4-7-17(19(18)24)13-21-22-20(25)16-11-9-15(10-12-16)14-5-2-1-3-6-14/h1-13,23-24H,(H,22,25)/b21-13-. The molecule has 0 atom stereocenters. The van der Waals surface area contributed by atoms with Crippen molar-refractivity contribution in [1.82, 2.24) is 5.43 Å². The van der Waals surface area contributed by atoms with Crippen LogP contribution < -0.4 is 5.43 Å². The summed E-state index contributed by atoms with van der Waals surface area (Å²) >= 11 is 0. The van der Waals surface area contributed by atoms with Crippen LogP contribution >= 0.6 is 0 Å². The van der Waals surface area contributed by atoms with Crippen LogP contribution in [0.5, 0.6) is 11.5 Å². The van der Waals surface area contributed by atoms with Gasteiger partial charge in [0.15, 0.2) is 11.5 Å². The van der Waals surface area contributed by atoms with Gasteiger partial charge in [-0.25, -0.2) is 5.43 Å². The molecule has 0 aliphatic rings. The molecule has 0 heterocycles. The second-order valence-corrected chi connectivity index (χ2v) is 5.36. The van der Waals surface area contributed by atoms with Gasteiger partial charge in [-0.3, -0.25) is 4.79 Å². The van der Waals surface area contributed by atoms with Crippen LogP contribution in [0.15, 0.2) is 77.9 Å². The van der Waals surface area contributed by atoms with E-state index in [2.05, 4.69) is 10.5 Å². The van der Waals surface area contributed by atoms with E-state index in [0.29, 0.717) is 11.1 Å². The average molecular weight is 332 g/mol. The fraction of sp³-hybridized carbons (Fsp3) is 0. The monoisotopic (exact) mass is 332 g/mol. The predicted octanol–water partition coefficient (Wildman–Crippen LogP) is 3.53. The molecule has 3 N–H and O–H groups in total. The summed E-state index contributed by atoms with van der Waals surface area (Å²) in [6.07, 6.45) is 1.27. The number of hydrogen-bond acceptors (Lipinski definition) is 4. The summed E-state index contributed by atoms with van der Waals surface area (Å²) in [5.41, 5.74) is 5.26. The minimum absolute atomic E-state index is 0.244. The maximum Gasteiger partial charge on any atom is 0.271 e. The summed E-state index contributed by atoms with van der Waals surface area (Å²) < 4.78 is 0. The van der Waals surface area contributed by atoms with Gasteiger partial charge >= 0.3 is 0 Å². The van der Waals surface area contributed by atoms with Crippen molar-refractivity contribution in [2.75, 3.05) is 0 Å². The fourth-order valence-corrected chi connectivity index (χ4v) is 2.32. The summed E-state index contributed by atoms with van der Waals surface area (Å²) in [6.45, 7) is 0. The number of carbonyl (C=O) groups is 1. The zero-order valence-corrected chi connectivity index (χ0v) is 13.3. The highest BCUT2D eigenvalue weighted by Gasteiger charge is 2.06. The fourth-order valence-electron chi connectivity index (χ4n) is 2.32. The van der Waals surface area contributed by atoms with Crippen LogP contribution in [0.1, 0.15) is 15.9 Å². The highest BCUT2D eigenvalue weighted by atomic mass is 16.3. The lowest BCUT2D eigenvalue weighted by molar-refractivity contribution is 0.0955. The lowest BCUT2D eigenvalue weighted by atomic mass is 10.0. The van der Waals surface area contributed by atoms with Gasteiger partial charge in [-0.2, -0.15) is 5.10 Å². The normalized spacial score (nSPS) is 10.7. The molecule has 0 aliphatic carbocycles. The van der Waals surface area contributed by atoms with Crippen LogP contribution in [0.2, 0.25) is 0 Å². The number of carbonyl (C=O) groups excluding carboxylic acids is 1. The minimum Gasteiger partial charge on any atom is -0.504 e. The molecule has 0 saturated carbocycles. The topological polar surface area (TPSA) is 81.9 Å². The maximum absolute atomic E-state index is 12.1. The minimum atomic E-state index is -0.365. The number of hydrogen-bond donors (Lipinski definition) is 3. The van der Waals surface area contributed by atoms with Gasteiger partial charge in [-0.1, -0.05) is 48.5 Å². The second kappa shape index (κ2) is 7.31. The molecule has 0 spiro atoms. The average Bonchev–Trinajstić information content (AvgIpc) is 2.66. The molecule has 25 heavy (non-hydrogen) atoms. The number of aromatic hydroxyl groups is 2. The quantitative estimate of drug-likeness (QED) is 0.388. The maximum atomic E-state index is 12.1. The first-order chi connectivity index (χ1) is 12.1. The molecule has 3 rings (SSSR count). The number of rotatable bonds is 4. The van der Waals surface area contributed by atoms with Crippen LogP contribution in [-0.2, 0) is 0 Å². The summed E-state index contributed by atoms with van der Waals surface area (Å²) in [5.74, 6) is -0.894. The highest BCUT2D eigenvalue weighted by molar-refractivity contribution is 5.95. The SMILES string of the molecule is O=C(N/N=C\c1cccc(O)c1O)c1ccc(-c2ccccc2)cc1. The van der Waals surface area contributed by atoms with Crippen molar-refractivity contribution in [3.63, 3.8) is 0 Å². The number of amides is 1. The van der Waals surface area contributed by atoms with E-state index in [1.165, 1.54) is 12.3 Å². The molecule has 0 radical (unpaired) electrons. The summed E-state index contributed by atoms with van der Waals surface area (Å²) in [7, 11) is 0. The first-order valence-electron chi connectivity index (χ1n) is 7.65. The molecular formula is C20H16N2O3. The smallest absolute Gasteiger partial charge is 0.271 e. The van der Waals surface area contributed by atoms with E-state index in [1.807, 2.05) is 42.5 Å². The van der Waals surface area contributed by atoms with E-state index < -0.39 is 0 Å². The van der Waals surface area contributed by atoms with E-state index in [0.717, 1.165) is 11.1 Å². The van der Waals surface area contributed by atoms with E-state index in [9.17, 15) is 15.0 Å². The van der Waals surface area contributed by atoms with Gasteiger partial charge in [-0.05, 0) is 35.4 Å². The Labute approximate surface area is 144 Å². The van der Waals surface area contributed by atoms with Crippen LogP contribution in [0, 0.1) is 0 Å². The first-order valence-corrected chi connectivity index (χ1v) is 7.65. The van der Waals surface area contributed by atoms with Gasteiger partial charge in [0.25, 0.3) is 5.91 Å². The van der Waals surface area contributed by atoms with Crippen LogP contribution in [0.3, 0.4) is 0 Å². The molecule has 5 nitrogen and oxygen atoms in total. The lowest BCUT2D eigenvalue weighted by Crippen LogP contribution is -2.17. The third kappa shape index (κ3) is 3.84. The van der Waals surface area contributed by atoms with Crippen molar-refractivity contribution in [2.45, 2.75) is 0 Å². The molecule has 0 fully saturated rings. The molecule has 0 saturated heterocycles. The van der Waals surface area contributed by atoms with E-state index in [4.69, 9.17) is 0 Å². The van der Waals surface area contributed by atoms with Gasteiger partial charge in [0.05, 0.1) is 6.21 Å². The molecule has 0 aromatic heterocycles. The number of benzene rings is 3. The highest BCUT2D eigenvalue weighted by Crippen LogP contribution is 2.26. The number of hydrazone groups is 1.